The molecule has 1 saturated heterocycles. The predicted molar refractivity (Wildman–Crippen MR) is 85.3 cm³/mol. The van der Waals surface area contributed by atoms with Gasteiger partial charge < -0.3 is 15.1 Å². The number of rotatable bonds is 5. The van der Waals surface area contributed by atoms with Crippen LogP contribution >= 0.6 is 0 Å². The first-order chi connectivity index (χ1) is 11.2. The SMILES string of the molecule is CCC(NC(=O)C1CCCC1)C1NN(c2ccoc2)CNC1=O. The Kier molecular flexibility index (Phi) is 4.85. The summed E-state index contributed by atoms with van der Waals surface area (Å²) in [7, 11) is 0. The second kappa shape index (κ2) is 7.04. The Morgan fingerprint density at radius 2 is 2.26 bits per heavy atom. The van der Waals surface area contributed by atoms with Crippen LogP contribution in [-0.4, -0.2) is 30.6 Å². The first-order valence-corrected chi connectivity index (χ1v) is 8.33. The van der Waals surface area contributed by atoms with Gasteiger partial charge in [0.1, 0.15) is 19.0 Å². The van der Waals surface area contributed by atoms with Crippen molar-refractivity contribution in [2.24, 2.45) is 5.92 Å². The van der Waals surface area contributed by atoms with E-state index in [1.165, 1.54) is 0 Å². The first-order valence-electron chi connectivity index (χ1n) is 8.33. The Morgan fingerprint density at radius 1 is 1.48 bits per heavy atom. The quantitative estimate of drug-likeness (QED) is 0.757. The third kappa shape index (κ3) is 3.50. The van der Waals surface area contributed by atoms with Crippen LogP contribution in [-0.2, 0) is 9.59 Å². The summed E-state index contributed by atoms with van der Waals surface area (Å²) >= 11 is 0. The maximum absolute atomic E-state index is 12.4. The lowest BCUT2D eigenvalue weighted by molar-refractivity contribution is -0.128. The average molecular weight is 320 g/mol. The van der Waals surface area contributed by atoms with Crippen LogP contribution in [0.1, 0.15) is 39.0 Å². The van der Waals surface area contributed by atoms with Crippen molar-refractivity contribution in [3.8, 4) is 0 Å². The lowest BCUT2D eigenvalue weighted by Gasteiger charge is -2.38. The highest BCUT2D eigenvalue weighted by molar-refractivity contribution is 5.86. The zero-order chi connectivity index (χ0) is 16.2. The van der Waals surface area contributed by atoms with Gasteiger partial charge in [-0.2, -0.15) is 0 Å². The highest BCUT2D eigenvalue weighted by atomic mass is 16.3. The summed E-state index contributed by atoms with van der Waals surface area (Å²) in [6.07, 6.45) is 8.02. The molecule has 2 fully saturated rings. The van der Waals surface area contributed by atoms with Crippen molar-refractivity contribution in [2.75, 3.05) is 11.7 Å². The van der Waals surface area contributed by atoms with Gasteiger partial charge in [0.25, 0.3) is 0 Å². The number of carbonyl (C=O) groups excluding carboxylic acids is 2. The van der Waals surface area contributed by atoms with E-state index in [0.717, 1.165) is 31.4 Å². The molecule has 23 heavy (non-hydrogen) atoms. The molecule has 2 aliphatic rings. The Hall–Kier alpha value is -2.02. The standard InChI is InChI=1S/C16H24N4O3/c1-2-13(18-15(21)11-5-3-4-6-11)14-16(22)17-10-20(19-14)12-7-8-23-9-12/h7-9,11,13-14,19H,2-6,10H2,1H3,(H,17,22)(H,18,21). The molecule has 1 aliphatic carbocycles. The molecular weight excluding hydrogens is 296 g/mol. The Balaban J connectivity index is 1.65. The van der Waals surface area contributed by atoms with Gasteiger partial charge in [-0.1, -0.05) is 19.8 Å². The molecule has 2 amide bonds. The molecule has 3 rings (SSSR count). The van der Waals surface area contributed by atoms with E-state index in [4.69, 9.17) is 4.42 Å². The first kappa shape index (κ1) is 15.9. The van der Waals surface area contributed by atoms with Crippen molar-refractivity contribution in [1.29, 1.82) is 0 Å². The van der Waals surface area contributed by atoms with E-state index in [1.807, 2.05) is 18.0 Å². The van der Waals surface area contributed by atoms with Gasteiger partial charge in [-0.3, -0.25) is 14.6 Å². The van der Waals surface area contributed by atoms with Crippen LogP contribution in [0.5, 0.6) is 0 Å². The van der Waals surface area contributed by atoms with Crippen LogP contribution in [0.15, 0.2) is 23.0 Å². The van der Waals surface area contributed by atoms with E-state index in [2.05, 4.69) is 16.1 Å². The highest BCUT2D eigenvalue weighted by Crippen LogP contribution is 2.25. The molecule has 1 saturated carbocycles. The normalized spacial score (nSPS) is 23.6. The van der Waals surface area contributed by atoms with Crippen LogP contribution in [0.2, 0.25) is 0 Å². The van der Waals surface area contributed by atoms with Gasteiger partial charge in [-0.05, 0) is 19.3 Å². The molecule has 0 bridgehead atoms. The van der Waals surface area contributed by atoms with Crippen molar-refractivity contribution >= 4 is 17.5 Å². The summed E-state index contributed by atoms with van der Waals surface area (Å²) in [4.78, 5) is 24.6. The fourth-order valence-corrected chi connectivity index (χ4v) is 3.30. The average Bonchev–Trinajstić information content (AvgIpc) is 3.26. The second-order valence-electron chi connectivity index (χ2n) is 6.22. The number of hydrogen-bond acceptors (Lipinski definition) is 5. The lowest BCUT2D eigenvalue weighted by Crippen LogP contribution is -2.68. The zero-order valence-corrected chi connectivity index (χ0v) is 13.4. The van der Waals surface area contributed by atoms with E-state index < -0.39 is 6.04 Å². The molecule has 3 N–H and O–H groups in total. The van der Waals surface area contributed by atoms with Crippen molar-refractivity contribution in [3.63, 3.8) is 0 Å². The highest BCUT2D eigenvalue weighted by Gasteiger charge is 2.35. The largest absolute Gasteiger partial charge is 0.470 e. The molecule has 1 aromatic rings. The van der Waals surface area contributed by atoms with Gasteiger partial charge in [0.2, 0.25) is 11.8 Å². The van der Waals surface area contributed by atoms with E-state index in [0.29, 0.717) is 13.1 Å². The number of anilines is 1. The molecule has 126 valence electrons. The van der Waals surface area contributed by atoms with Crippen LogP contribution in [0.25, 0.3) is 0 Å². The van der Waals surface area contributed by atoms with Crippen molar-refractivity contribution in [1.82, 2.24) is 16.1 Å². The van der Waals surface area contributed by atoms with Crippen LogP contribution < -0.4 is 21.1 Å². The third-order valence-electron chi connectivity index (χ3n) is 4.70. The topological polar surface area (TPSA) is 86.6 Å². The molecule has 1 aliphatic heterocycles. The predicted octanol–water partition coefficient (Wildman–Crippen LogP) is 1.13. The Bertz CT molecular complexity index is 540. The molecule has 7 heteroatoms. The second-order valence-corrected chi connectivity index (χ2v) is 6.22. The number of nitrogens with zero attached hydrogens (tertiary/aromatic N) is 1. The minimum Gasteiger partial charge on any atom is -0.470 e. The molecular formula is C16H24N4O3. The van der Waals surface area contributed by atoms with Gasteiger partial charge in [-0.25, -0.2) is 5.43 Å². The minimum absolute atomic E-state index is 0.0735. The van der Waals surface area contributed by atoms with Gasteiger partial charge in [0.05, 0.1) is 18.0 Å². The number of nitrogens with one attached hydrogen (secondary N) is 3. The fraction of sp³-hybridized carbons (Fsp3) is 0.625. The maximum Gasteiger partial charge on any atom is 0.242 e. The van der Waals surface area contributed by atoms with E-state index in [1.54, 1.807) is 12.5 Å². The monoisotopic (exact) mass is 320 g/mol. The summed E-state index contributed by atoms with van der Waals surface area (Å²) in [5, 5.41) is 7.74. The summed E-state index contributed by atoms with van der Waals surface area (Å²) in [6, 6.07) is 1.09. The van der Waals surface area contributed by atoms with Crippen molar-refractivity contribution in [2.45, 2.75) is 51.1 Å². The van der Waals surface area contributed by atoms with Crippen molar-refractivity contribution < 1.29 is 14.0 Å². The van der Waals surface area contributed by atoms with Gasteiger partial charge in [-0.15, -0.1) is 0 Å². The smallest absolute Gasteiger partial charge is 0.242 e. The van der Waals surface area contributed by atoms with E-state index >= 15 is 0 Å². The summed E-state index contributed by atoms with van der Waals surface area (Å²) < 4.78 is 5.08. The van der Waals surface area contributed by atoms with E-state index in [-0.39, 0.29) is 23.8 Å². The van der Waals surface area contributed by atoms with Gasteiger partial charge >= 0.3 is 0 Å². The molecule has 2 atom stereocenters. The van der Waals surface area contributed by atoms with Crippen LogP contribution in [0.3, 0.4) is 0 Å². The number of carbonyl (C=O) groups is 2. The molecule has 2 unspecified atom stereocenters. The van der Waals surface area contributed by atoms with Gasteiger partial charge in [0.15, 0.2) is 0 Å². The Labute approximate surface area is 135 Å². The number of amides is 2. The summed E-state index contributed by atoms with van der Waals surface area (Å²) in [6.45, 7) is 2.34. The van der Waals surface area contributed by atoms with Crippen molar-refractivity contribution in [3.05, 3.63) is 18.6 Å². The van der Waals surface area contributed by atoms with Crippen LogP contribution in [0.4, 0.5) is 5.69 Å². The lowest BCUT2D eigenvalue weighted by atomic mass is 10.0. The minimum atomic E-state index is -0.492. The summed E-state index contributed by atoms with van der Waals surface area (Å²) in [5.74, 6) is 0.0772. The van der Waals surface area contributed by atoms with Crippen LogP contribution in [0, 0.1) is 5.92 Å². The molecule has 2 heterocycles. The maximum atomic E-state index is 12.4. The van der Waals surface area contributed by atoms with Gasteiger partial charge in [0, 0.05) is 12.0 Å². The third-order valence-corrected chi connectivity index (χ3v) is 4.70. The fourth-order valence-electron chi connectivity index (χ4n) is 3.30. The van der Waals surface area contributed by atoms with E-state index in [9.17, 15) is 9.59 Å². The molecule has 0 radical (unpaired) electrons. The molecule has 0 aromatic carbocycles. The molecule has 0 spiro atoms. The summed E-state index contributed by atoms with van der Waals surface area (Å²) in [5.41, 5.74) is 4.04. The number of furan rings is 1. The number of hydrogen-bond donors (Lipinski definition) is 3. The zero-order valence-electron chi connectivity index (χ0n) is 13.4. The molecule has 1 aromatic heterocycles. The number of hydrazine groups is 1. The molecule has 7 nitrogen and oxygen atoms in total. The Morgan fingerprint density at radius 3 is 2.91 bits per heavy atom.